The Hall–Kier alpha value is -1.39. The van der Waals surface area contributed by atoms with Gasteiger partial charge in [0.2, 0.25) is 5.91 Å². The number of carbonyl (C=O) groups is 1. The number of amides is 1. The van der Waals surface area contributed by atoms with Gasteiger partial charge >= 0.3 is 0 Å². The molecule has 0 aromatic rings. The van der Waals surface area contributed by atoms with Gasteiger partial charge in [-0.2, -0.15) is 0 Å². The van der Waals surface area contributed by atoms with Crippen molar-refractivity contribution >= 4 is 5.91 Å². The van der Waals surface area contributed by atoms with E-state index in [2.05, 4.69) is 43.5 Å². The molecule has 3 N–H and O–H groups in total. The summed E-state index contributed by atoms with van der Waals surface area (Å²) < 4.78 is 0. The fourth-order valence-corrected chi connectivity index (χ4v) is 8.07. The first kappa shape index (κ1) is 56.6. The van der Waals surface area contributed by atoms with Crippen molar-refractivity contribution in [3.63, 3.8) is 0 Å². The zero-order valence-corrected chi connectivity index (χ0v) is 39.3. The molecule has 0 aromatic carbocycles. The maximum Gasteiger partial charge on any atom is 0.220 e. The predicted molar refractivity (Wildman–Crippen MR) is 258 cm³/mol. The molecule has 0 heterocycles. The standard InChI is InChI=1S/C54H103NO3/c1-3-5-7-9-11-13-15-17-19-21-23-25-26-27-28-29-30-32-34-36-38-40-42-44-46-48-50-54(58)55-52(51-56)53(57)49-47-45-43-41-39-37-35-33-31-24-22-20-18-16-14-12-10-8-6-4-2/h27-28,39,41,47,49,52-53,56-57H,3-26,29-38,40,42-46,48,50-51H2,1-2H3,(H,55,58)/b28-27-,41-39+,49-47+. The number of aliphatic hydroxyl groups excluding tert-OH is 2. The summed E-state index contributed by atoms with van der Waals surface area (Å²) >= 11 is 0. The van der Waals surface area contributed by atoms with Gasteiger partial charge in [0, 0.05) is 6.42 Å². The Morgan fingerprint density at radius 1 is 0.397 bits per heavy atom. The van der Waals surface area contributed by atoms with E-state index in [4.69, 9.17) is 0 Å². The lowest BCUT2D eigenvalue weighted by Gasteiger charge is -2.19. The molecular weight excluding hydrogens is 711 g/mol. The van der Waals surface area contributed by atoms with Gasteiger partial charge in [0.25, 0.3) is 0 Å². The van der Waals surface area contributed by atoms with Gasteiger partial charge in [-0.15, -0.1) is 0 Å². The average Bonchev–Trinajstić information content (AvgIpc) is 3.23. The number of hydrogen-bond acceptors (Lipinski definition) is 3. The Morgan fingerprint density at radius 3 is 1.00 bits per heavy atom. The van der Waals surface area contributed by atoms with Crippen LogP contribution in [0.4, 0.5) is 0 Å². The monoisotopic (exact) mass is 814 g/mol. The molecule has 58 heavy (non-hydrogen) atoms. The van der Waals surface area contributed by atoms with Crippen LogP contribution in [0, 0.1) is 0 Å². The summed E-state index contributed by atoms with van der Waals surface area (Å²) in [6.07, 6.45) is 67.2. The first-order chi connectivity index (χ1) is 28.7. The van der Waals surface area contributed by atoms with Crippen molar-refractivity contribution in [3.8, 4) is 0 Å². The molecule has 4 nitrogen and oxygen atoms in total. The Morgan fingerprint density at radius 2 is 0.672 bits per heavy atom. The Kier molecular flexibility index (Phi) is 48.8. The molecule has 0 aliphatic rings. The van der Waals surface area contributed by atoms with Crippen molar-refractivity contribution < 1.29 is 15.0 Å². The maximum absolute atomic E-state index is 12.4. The molecule has 1 amide bonds. The topological polar surface area (TPSA) is 69.6 Å². The van der Waals surface area contributed by atoms with Crippen LogP contribution in [-0.4, -0.2) is 34.9 Å². The van der Waals surface area contributed by atoms with E-state index in [0.717, 1.165) is 32.1 Å². The molecule has 4 heteroatoms. The highest BCUT2D eigenvalue weighted by atomic mass is 16.3. The molecule has 0 spiro atoms. The summed E-state index contributed by atoms with van der Waals surface area (Å²) in [7, 11) is 0. The van der Waals surface area contributed by atoms with Gasteiger partial charge in [-0.05, 0) is 57.8 Å². The largest absolute Gasteiger partial charge is 0.394 e. The van der Waals surface area contributed by atoms with Crippen LogP contribution >= 0.6 is 0 Å². The maximum atomic E-state index is 12.4. The highest BCUT2D eigenvalue weighted by Gasteiger charge is 2.17. The fraction of sp³-hybridized carbons (Fsp3) is 0.870. The van der Waals surface area contributed by atoms with Crippen molar-refractivity contribution in [1.29, 1.82) is 0 Å². The van der Waals surface area contributed by atoms with E-state index >= 15 is 0 Å². The van der Waals surface area contributed by atoms with Crippen LogP contribution < -0.4 is 5.32 Å². The molecular formula is C54H103NO3. The van der Waals surface area contributed by atoms with Gasteiger partial charge < -0.3 is 15.5 Å². The zero-order chi connectivity index (χ0) is 42.1. The number of aliphatic hydroxyl groups is 2. The third-order valence-electron chi connectivity index (χ3n) is 12.1. The van der Waals surface area contributed by atoms with Crippen LogP contribution in [0.1, 0.15) is 284 Å². The quantitative estimate of drug-likeness (QED) is 0.0423. The first-order valence-electron chi connectivity index (χ1n) is 26.2. The molecule has 0 aromatic heterocycles. The molecule has 0 saturated heterocycles. The van der Waals surface area contributed by atoms with Gasteiger partial charge in [0.05, 0.1) is 18.8 Å². The number of unbranched alkanes of at least 4 members (excludes halogenated alkanes) is 37. The fourth-order valence-electron chi connectivity index (χ4n) is 8.07. The number of rotatable bonds is 48. The first-order valence-corrected chi connectivity index (χ1v) is 26.2. The molecule has 0 bridgehead atoms. The minimum absolute atomic E-state index is 0.0721. The molecule has 0 rings (SSSR count). The summed E-state index contributed by atoms with van der Waals surface area (Å²) in [6, 6.07) is -0.639. The Labute approximate surface area is 363 Å². The molecule has 0 fully saturated rings. The van der Waals surface area contributed by atoms with E-state index in [0.29, 0.717) is 6.42 Å². The van der Waals surface area contributed by atoms with Gasteiger partial charge in [0.15, 0.2) is 0 Å². The molecule has 0 aliphatic heterocycles. The molecule has 2 atom stereocenters. The molecule has 0 radical (unpaired) electrons. The second-order valence-corrected chi connectivity index (χ2v) is 17.9. The van der Waals surface area contributed by atoms with Gasteiger partial charge in [-0.3, -0.25) is 4.79 Å². The van der Waals surface area contributed by atoms with Gasteiger partial charge in [-0.1, -0.05) is 256 Å². The van der Waals surface area contributed by atoms with Crippen LogP contribution in [-0.2, 0) is 4.79 Å². The van der Waals surface area contributed by atoms with Crippen molar-refractivity contribution in [1.82, 2.24) is 5.32 Å². The zero-order valence-electron chi connectivity index (χ0n) is 39.3. The van der Waals surface area contributed by atoms with E-state index in [9.17, 15) is 15.0 Å². The third kappa shape index (κ3) is 45.7. The van der Waals surface area contributed by atoms with E-state index in [1.165, 1.54) is 231 Å². The summed E-state index contributed by atoms with van der Waals surface area (Å²) in [5, 5.41) is 23.1. The summed E-state index contributed by atoms with van der Waals surface area (Å²) in [4.78, 5) is 12.4. The van der Waals surface area contributed by atoms with E-state index < -0.39 is 12.1 Å². The SMILES string of the molecule is CCCCCCCCCCCCCC/C=C\CCCCCCCCCCCCC(=O)NC(CO)C(O)/C=C/CC/C=C/CCCCCCCCCCCCCCCC. The molecule has 2 unspecified atom stereocenters. The summed E-state index contributed by atoms with van der Waals surface area (Å²) in [5.74, 6) is -0.0721. The van der Waals surface area contributed by atoms with Crippen molar-refractivity contribution in [3.05, 3.63) is 36.5 Å². The number of hydrogen-bond donors (Lipinski definition) is 3. The number of carbonyl (C=O) groups excluding carboxylic acids is 1. The molecule has 0 aliphatic carbocycles. The average molecular weight is 814 g/mol. The minimum atomic E-state index is -0.862. The molecule has 0 saturated carbocycles. The highest BCUT2D eigenvalue weighted by Crippen LogP contribution is 2.16. The van der Waals surface area contributed by atoms with Crippen molar-refractivity contribution in [2.45, 2.75) is 296 Å². The Bertz CT molecular complexity index is 882. The van der Waals surface area contributed by atoms with Gasteiger partial charge in [0.1, 0.15) is 0 Å². The van der Waals surface area contributed by atoms with Crippen LogP contribution in [0.15, 0.2) is 36.5 Å². The number of allylic oxidation sites excluding steroid dienone is 5. The van der Waals surface area contributed by atoms with Crippen LogP contribution in [0.25, 0.3) is 0 Å². The number of nitrogens with one attached hydrogen (secondary N) is 1. The summed E-state index contributed by atoms with van der Waals surface area (Å²) in [6.45, 7) is 4.32. The second-order valence-electron chi connectivity index (χ2n) is 17.9. The lowest BCUT2D eigenvalue weighted by atomic mass is 10.0. The lowest BCUT2D eigenvalue weighted by Crippen LogP contribution is -2.45. The van der Waals surface area contributed by atoms with E-state index in [1.54, 1.807) is 6.08 Å². The summed E-state index contributed by atoms with van der Waals surface area (Å²) in [5.41, 5.74) is 0. The minimum Gasteiger partial charge on any atom is -0.394 e. The van der Waals surface area contributed by atoms with E-state index in [1.807, 2.05) is 6.08 Å². The normalized spacial score (nSPS) is 13.1. The van der Waals surface area contributed by atoms with Crippen molar-refractivity contribution in [2.24, 2.45) is 0 Å². The van der Waals surface area contributed by atoms with Gasteiger partial charge in [-0.25, -0.2) is 0 Å². The van der Waals surface area contributed by atoms with Crippen LogP contribution in [0.3, 0.4) is 0 Å². The van der Waals surface area contributed by atoms with Crippen LogP contribution in [0.2, 0.25) is 0 Å². The highest BCUT2D eigenvalue weighted by molar-refractivity contribution is 5.76. The van der Waals surface area contributed by atoms with Crippen LogP contribution in [0.5, 0.6) is 0 Å². The lowest BCUT2D eigenvalue weighted by molar-refractivity contribution is -0.123. The second kappa shape index (κ2) is 50.0. The predicted octanol–water partition coefficient (Wildman–Crippen LogP) is 16.9. The van der Waals surface area contributed by atoms with E-state index in [-0.39, 0.29) is 12.5 Å². The van der Waals surface area contributed by atoms with Crippen molar-refractivity contribution in [2.75, 3.05) is 6.61 Å². The smallest absolute Gasteiger partial charge is 0.220 e. The molecule has 342 valence electrons. The Balaban J connectivity index is 3.53. The third-order valence-corrected chi connectivity index (χ3v) is 12.1.